The largest absolute Gasteiger partial charge is 0.478 e. The van der Waals surface area contributed by atoms with Crippen molar-refractivity contribution in [2.45, 2.75) is 12.8 Å². The molecule has 18 heavy (non-hydrogen) atoms. The maximum Gasteiger partial charge on any atom is 0.335 e. The summed E-state index contributed by atoms with van der Waals surface area (Å²) in [5.74, 6) is -0.849. The van der Waals surface area contributed by atoms with Crippen LogP contribution in [0.2, 0.25) is 0 Å². The summed E-state index contributed by atoms with van der Waals surface area (Å²) in [6.45, 7) is 3.06. The van der Waals surface area contributed by atoms with Crippen molar-refractivity contribution in [2.24, 2.45) is 0 Å². The summed E-state index contributed by atoms with van der Waals surface area (Å²) < 4.78 is 0. The van der Waals surface area contributed by atoms with E-state index in [2.05, 4.69) is 23.9 Å². The zero-order chi connectivity index (χ0) is 13.1. The number of fused-ring (bicyclic) bond motifs is 1. The fraction of sp³-hybridized carbons (Fsp3) is 0.500. The van der Waals surface area contributed by atoms with Crippen molar-refractivity contribution in [3.8, 4) is 0 Å². The second-order valence-electron chi connectivity index (χ2n) is 5.04. The van der Waals surface area contributed by atoms with Gasteiger partial charge >= 0.3 is 5.97 Å². The Kier molecular flexibility index (Phi) is 3.87. The molecule has 0 spiro atoms. The van der Waals surface area contributed by atoms with Crippen LogP contribution in [0.5, 0.6) is 0 Å². The molecule has 1 N–H and O–H groups in total. The maximum absolute atomic E-state index is 11.0. The number of benzene rings is 1. The van der Waals surface area contributed by atoms with Crippen LogP contribution in [0.1, 0.15) is 22.3 Å². The highest BCUT2D eigenvalue weighted by molar-refractivity contribution is 5.89. The second kappa shape index (κ2) is 5.40. The lowest BCUT2D eigenvalue weighted by Gasteiger charge is -2.20. The van der Waals surface area contributed by atoms with Crippen molar-refractivity contribution < 1.29 is 9.90 Å². The molecular formula is C14H20N2O2. The van der Waals surface area contributed by atoms with Crippen LogP contribution in [0.3, 0.4) is 0 Å². The number of carbonyl (C=O) groups is 1. The van der Waals surface area contributed by atoms with E-state index in [9.17, 15) is 4.79 Å². The third kappa shape index (κ3) is 2.82. The molecule has 1 aromatic rings. The lowest BCUT2D eigenvalue weighted by atomic mass is 10.1. The third-order valence-electron chi connectivity index (χ3n) is 3.36. The Morgan fingerprint density at radius 3 is 2.89 bits per heavy atom. The van der Waals surface area contributed by atoms with Gasteiger partial charge in [0.05, 0.1) is 5.56 Å². The van der Waals surface area contributed by atoms with Crippen molar-refractivity contribution in [1.82, 2.24) is 4.90 Å². The van der Waals surface area contributed by atoms with Crippen molar-refractivity contribution >= 4 is 11.7 Å². The zero-order valence-corrected chi connectivity index (χ0v) is 11.0. The summed E-state index contributed by atoms with van der Waals surface area (Å²) >= 11 is 0. The van der Waals surface area contributed by atoms with Gasteiger partial charge < -0.3 is 14.9 Å². The average molecular weight is 248 g/mol. The molecule has 0 saturated carbocycles. The van der Waals surface area contributed by atoms with Gasteiger partial charge in [-0.25, -0.2) is 4.79 Å². The summed E-state index contributed by atoms with van der Waals surface area (Å²) in [7, 11) is 4.14. The Labute approximate surface area is 108 Å². The molecule has 0 aliphatic carbocycles. The van der Waals surface area contributed by atoms with Gasteiger partial charge in [0.1, 0.15) is 0 Å². The number of anilines is 1. The lowest BCUT2D eigenvalue weighted by Crippen LogP contribution is -2.25. The number of carboxylic acids is 1. The minimum Gasteiger partial charge on any atom is -0.478 e. The van der Waals surface area contributed by atoms with Gasteiger partial charge in [0.2, 0.25) is 0 Å². The fourth-order valence-corrected chi connectivity index (χ4v) is 2.39. The molecule has 4 nitrogen and oxygen atoms in total. The predicted molar refractivity (Wildman–Crippen MR) is 72.5 cm³/mol. The molecule has 0 radical (unpaired) electrons. The minimum absolute atomic E-state index is 0.383. The van der Waals surface area contributed by atoms with Crippen molar-refractivity contribution in [2.75, 3.05) is 38.6 Å². The number of hydrogen-bond donors (Lipinski definition) is 1. The van der Waals surface area contributed by atoms with Gasteiger partial charge in [-0.1, -0.05) is 6.07 Å². The average Bonchev–Trinajstić information content (AvgIpc) is 2.71. The molecule has 1 aromatic carbocycles. The van der Waals surface area contributed by atoms with Crippen molar-refractivity contribution in [3.05, 3.63) is 29.3 Å². The number of carboxylic acid groups (broad SMARTS) is 1. The Morgan fingerprint density at radius 2 is 2.22 bits per heavy atom. The smallest absolute Gasteiger partial charge is 0.335 e. The highest BCUT2D eigenvalue weighted by Gasteiger charge is 2.20. The summed E-state index contributed by atoms with van der Waals surface area (Å²) in [5, 5.41) is 9.03. The van der Waals surface area contributed by atoms with Crippen LogP contribution in [0.4, 0.5) is 5.69 Å². The number of hydrogen-bond acceptors (Lipinski definition) is 3. The number of rotatable bonds is 5. The van der Waals surface area contributed by atoms with E-state index in [1.165, 1.54) is 5.56 Å². The molecule has 0 amide bonds. The topological polar surface area (TPSA) is 43.8 Å². The molecule has 1 aliphatic rings. The normalized spacial score (nSPS) is 14.1. The maximum atomic E-state index is 11.0. The number of nitrogens with zero attached hydrogens (tertiary/aromatic N) is 2. The molecule has 0 saturated heterocycles. The Hall–Kier alpha value is -1.55. The van der Waals surface area contributed by atoms with E-state index < -0.39 is 5.97 Å². The molecule has 2 rings (SSSR count). The molecule has 1 heterocycles. The summed E-state index contributed by atoms with van der Waals surface area (Å²) in [4.78, 5) is 15.5. The molecule has 0 bridgehead atoms. The molecule has 1 aliphatic heterocycles. The molecule has 0 unspecified atom stereocenters. The Balaban J connectivity index is 2.06. The van der Waals surface area contributed by atoms with E-state index in [4.69, 9.17) is 5.11 Å². The van der Waals surface area contributed by atoms with Crippen molar-refractivity contribution in [1.29, 1.82) is 0 Å². The first-order valence-electron chi connectivity index (χ1n) is 6.34. The van der Waals surface area contributed by atoms with Crippen LogP contribution < -0.4 is 4.90 Å². The number of aromatic carboxylic acids is 1. The molecule has 0 fully saturated rings. The Bertz CT molecular complexity index is 443. The Morgan fingerprint density at radius 1 is 1.44 bits per heavy atom. The molecule has 0 aromatic heterocycles. The monoisotopic (exact) mass is 248 g/mol. The first kappa shape index (κ1) is 12.9. The van der Waals surface area contributed by atoms with Crippen LogP contribution in [0, 0.1) is 0 Å². The standard InChI is InChI=1S/C14H20N2O2/c1-15(2)7-3-8-16-9-6-11-4-5-12(14(17)18)10-13(11)16/h4-5,10H,3,6-9H2,1-2H3,(H,17,18). The van der Waals surface area contributed by atoms with E-state index in [-0.39, 0.29) is 0 Å². The second-order valence-corrected chi connectivity index (χ2v) is 5.04. The SMILES string of the molecule is CN(C)CCCN1CCc2ccc(C(=O)O)cc21. The fourth-order valence-electron chi connectivity index (χ4n) is 2.39. The van der Waals surface area contributed by atoms with Gasteiger partial charge in [-0.2, -0.15) is 0 Å². The van der Waals surface area contributed by atoms with Gasteiger partial charge in [0.15, 0.2) is 0 Å². The predicted octanol–water partition coefficient (Wildman–Crippen LogP) is 1.70. The molecule has 98 valence electrons. The van der Waals surface area contributed by atoms with E-state index in [1.807, 2.05) is 6.07 Å². The molecular weight excluding hydrogens is 228 g/mol. The third-order valence-corrected chi connectivity index (χ3v) is 3.36. The van der Waals surface area contributed by atoms with Gasteiger partial charge in [-0.15, -0.1) is 0 Å². The highest BCUT2D eigenvalue weighted by atomic mass is 16.4. The first-order valence-corrected chi connectivity index (χ1v) is 6.34. The van der Waals surface area contributed by atoms with Crippen LogP contribution in [0.25, 0.3) is 0 Å². The van der Waals surface area contributed by atoms with Gasteiger partial charge in [-0.05, 0) is 51.2 Å². The highest BCUT2D eigenvalue weighted by Crippen LogP contribution is 2.29. The summed E-state index contributed by atoms with van der Waals surface area (Å²) in [6.07, 6.45) is 2.13. The summed E-state index contributed by atoms with van der Waals surface area (Å²) in [5.41, 5.74) is 2.76. The van der Waals surface area contributed by atoms with Gasteiger partial charge in [0.25, 0.3) is 0 Å². The molecule has 0 atom stereocenters. The van der Waals surface area contributed by atoms with Crippen LogP contribution in [0.15, 0.2) is 18.2 Å². The quantitative estimate of drug-likeness (QED) is 0.861. The minimum atomic E-state index is -0.849. The van der Waals surface area contributed by atoms with E-state index in [0.717, 1.165) is 38.2 Å². The zero-order valence-electron chi connectivity index (χ0n) is 11.0. The van der Waals surface area contributed by atoms with Crippen LogP contribution in [-0.2, 0) is 6.42 Å². The van der Waals surface area contributed by atoms with Gasteiger partial charge in [0, 0.05) is 18.8 Å². The van der Waals surface area contributed by atoms with Gasteiger partial charge in [-0.3, -0.25) is 0 Å². The van der Waals surface area contributed by atoms with Crippen molar-refractivity contribution in [3.63, 3.8) is 0 Å². The molecule has 4 heteroatoms. The van der Waals surface area contributed by atoms with Crippen LogP contribution >= 0.6 is 0 Å². The van der Waals surface area contributed by atoms with E-state index in [0.29, 0.717) is 5.56 Å². The first-order chi connectivity index (χ1) is 8.58. The lowest BCUT2D eigenvalue weighted by molar-refractivity contribution is 0.0697. The summed E-state index contributed by atoms with van der Waals surface area (Å²) in [6, 6.07) is 5.45. The van der Waals surface area contributed by atoms with Crippen LogP contribution in [-0.4, -0.2) is 49.7 Å². The van der Waals surface area contributed by atoms with E-state index >= 15 is 0 Å². The van der Waals surface area contributed by atoms with E-state index in [1.54, 1.807) is 12.1 Å².